The highest BCUT2D eigenvalue weighted by atomic mass is 79.9. The van der Waals surface area contributed by atoms with E-state index in [0.29, 0.717) is 25.6 Å². The molecule has 0 radical (unpaired) electrons. The lowest BCUT2D eigenvalue weighted by atomic mass is 10.2. The van der Waals surface area contributed by atoms with E-state index in [1.165, 1.54) is 0 Å². The van der Waals surface area contributed by atoms with Gasteiger partial charge in [-0.15, -0.1) is 0 Å². The minimum absolute atomic E-state index is 0.187. The average Bonchev–Trinajstić information content (AvgIpc) is 2.51. The van der Waals surface area contributed by atoms with E-state index in [-0.39, 0.29) is 31.4 Å². The molecule has 1 aromatic rings. The van der Waals surface area contributed by atoms with Crippen molar-refractivity contribution in [2.24, 2.45) is 5.92 Å². The van der Waals surface area contributed by atoms with Crippen LogP contribution in [0, 0.1) is 5.92 Å². The molecule has 0 saturated heterocycles. The fourth-order valence-corrected chi connectivity index (χ4v) is 1.89. The predicted octanol–water partition coefficient (Wildman–Crippen LogP) is 3.74. The second-order valence-corrected chi connectivity index (χ2v) is 6.37. The summed E-state index contributed by atoms with van der Waals surface area (Å²) in [5, 5.41) is 0. The molecule has 0 aliphatic carbocycles. The van der Waals surface area contributed by atoms with Crippen molar-refractivity contribution < 1.29 is 23.8 Å². The monoisotopic (exact) mass is 386 g/mol. The van der Waals surface area contributed by atoms with Gasteiger partial charge >= 0.3 is 11.9 Å². The van der Waals surface area contributed by atoms with Gasteiger partial charge in [0.2, 0.25) is 0 Å². The van der Waals surface area contributed by atoms with Crippen LogP contribution in [0.3, 0.4) is 0 Å². The third kappa shape index (κ3) is 9.94. The fraction of sp³-hybridized carbons (Fsp3) is 0.529. The van der Waals surface area contributed by atoms with E-state index in [0.717, 1.165) is 10.2 Å². The van der Waals surface area contributed by atoms with Gasteiger partial charge < -0.3 is 14.2 Å². The number of esters is 2. The van der Waals surface area contributed by atoms with Crippen LogP contribution in [0.2, 0.25) is 0 Å². The molecule has 0 unspecified atom stereocenters. The van der Waals surface area contributed by atoms with Crippen molar-refractivity contribution in [3.05, 3.63) is 28.7 Å². The molecular formula is C17H23BrO5. The first-order valence-electron chi connectivity index (χ1n) is 7.67. The molecule has 0 aromatic heterocycles. The maximum Gasteiger partial charge on any atom is 0.305 e. The van der Waals surface area contributed by atoms with E-state index < -0.39 is 0 Å². The van der Waals surface area contributed by atoms with Gasteiger partial charge in [-0.25, -0.2) is 0 Å². The molecule has 0 aliphatic rings. The first-order chi connectivity index (χ1) is 11.0. The summed E-state index contributed by atoms with van der Waals surface area (Å²) in [4.78, 5) is 22.9. The topological polar surface area (TPSA) is 61.8 Å². The van der Waals surface area contributed by atoms with Gasteiger partial charge in [0, 0.05) is 17.3 Å². The highest BCUT2D eigenvalue weighted by molar-refractivity contribution is 9.10. The Morgan fingerprint density at radius 2 is 1.61 bits per heavy atom. The Morgan fingerprint density at radius 1 is 1.00 bits per heavy atom. The Balaban J connectivity index is 2.04. The molecule has 0 N–H and O–H groups in total. The zero-order valence-electron chi connectivity index (χ0n) is 13.5. The van der Waals surface area contributed by atoms with Crippen molar-refractivity contribution in [1.29, 1.82) is 0 Å². The van der Waals surface area contributed by atoms with Crippen LogP contribution in [0.5, 0.6) is 5.75 Å². The number of carbonyl (C=O) groups is 2. The van der Waals surface area contributed by atoms with E-state index >= 15 is 0 Å². The van der Waals surface area contributed by atoms with E-state index in [9.17, 15) is 9.59 Å². The third-order valence-corrected chi connectivity index (χ3v) is 3.30. The second-order valence-electron chi connectivity index (χ2n) is 5.45. The molecule has 0 saturated carbocycles. The van der Waals surface area contributed by atoms with Crippen LogP contribution in [0.4, 0.5) is 0 Å². The van der Waals surface area contributed by atoms with Crippen molar-refractivity contribution >= 4 is 27.9 Å². The van der Waals surface area contributed by atoms with Crippen LogP contribution in [0.1, 0.15) is 33.1 Å². The van der Waals surface area contributed by atoms with Crippen LogP contribution in [-0.2, 0) is 19.1 Å². The Morgan fingerprint density at radius 3 is 2.22 bits per heavy atom. The molecule has 0 spiro atoms. The summed E-state index contributed by atoms with van der Waals surface area (Å²) in [7, 11) is 0. The van der Waals surface area contributed by atoms with Gasteiger partial charge in [0.05, 0.1) is 6.61 Å². The summed E-state index contributed by atoms with van der Waals surface area (Å²) in [6.45, 7) is 4.84. The average molecular weight is 387 g/mol. The standard InChI is InChI=1S/C17H23BrO5/c1-13(2)12-23-17(20)5-3-4-16(19)22-11-10-21-15-8-6-14(18)7-9-15/h6-9,13H,3-5,10-12H2,1-2H3. The lowest BCUT2D eigenvalue weighted by Crippen LogP contribution is -2.13. The summed E-state index contributed by atoms with van der Waals surface area (Å²) < 4.78 is 16.5. The molecule has 1 rings (SSSR count). The minimum Gasteiger partial charge on any atom is -0.490 e. The van der Waals surface area contributed by atoms with Gasteiger partial charge in [-0.3, -0.25) is 9.59 Å². The highest BCUT2D eigenvalue weighted by Crippen LogP contribution is 2.15. The van der Waals surface area contributed by atoms with Gasteiger partial charge in [-0.05, 0) is 36.6 Å². The van der Waals surface area contributed by atoms with Gasteiger partial charge in [-0.1, -0.05) is 29.8 Å². The van der Waals surface area contributed by atoms with Crippen molar-refractivity contribution in [1.82, 2.24) is 0 Å². The molecule has 0 amide bonds. The smallest absolute Gasteiger partial charge is 0.305 e. The minimum atomic E-state index is -0.332. The van der Waals surface area contributed by atoms with Gasteiger partial charge in [0.15, 0.2) is 0 Å². The lowest BCUT2D eigenvalue weighted by Gasteiger charge is -2.08. The number of halogens is 1. The summed E-state index contributed by atoms with van der Waals surface area (Å²) >= 11 is 3.34. The van der Waals surface area contributed by atoms with Crippen LogP contribution in [-0.4, -0.2) is 31.8 Å². The van der Waals surface area contributed by atoms with Crippen molar-refractivity contribution in [3.63, 3.8) is 0 Å². The molecule has 0 atom stereocenters. The molecule has 5 nitrogen and oxygen atoms in total. The summed E-state index contributed by atoms with van der Waals surface area (Å²) in [5.41, 5.74) is 0. The Bertz CT molecular complexity index is 484. The number of hydrogen-bond acceptors (Lipinski definition) is 5. The van der Waals surface area contributed by atoms with E-state index in [2.05, 4.69) is 15.9 Å². The molecule has 0 aliphatic heterocycles. The molecule has 1 aromatic carbocycles. The van der Waals surface area contributed by atoms with Crippen LogP contribution in [0.25, 0.3) is 0 Å². The molecule has 23 heavy (non-hydrogen) atoms. The highest BCUT2D eigenvalue weighted by Gasteiger charge is 2.08. The molecule has 0 heterocycles. The van der Waals surface area contributed by atoms with E-state index in [4.69, 9.17) is 14.2 Å². The maximum atomic E-state index is 11.5. The quantitative estimate of drug-likeness (QED) is 0.452. The molecular weight excluding hydrogens is 364 g/mol. The first-order valence-corrected chi connectivity index (χ1v) is 8.46. The number of hydrogen-bond donors (Lipinski definition) is 0. The Kier molecular flexibility index (Phi) is 9.36. The van der Waals surface area contributed by atoms with Crippen molar-refractivity contribution in [3.8, 4) is 5.75 Å². The second kappa shape index (κ2) is 11.0. The van der Waals surface area contributed by atoms with Crippen LogP contribution < -0.4 is 4.74 Å². The maximum absolute atomic E-state index is 11.5. The van der Waals surface area contributed by atoms with Crippen molar-refractivity contribution in [2.75, 3.05) is 19.8 Å². The van der Waals surface area contributed by atoms with Gasteiger partial charge in [0.25, 0.3) is 0 Å². The van der Waals surface area contributed by atoms with Gasteiger partial charge in [0.1, 0.15) is 19.0 Å². The lowest BCUT2D eigenvalue weighted by molar-refractivity contribution is -0.146. The predicted molar refractivity (Wildman–Crippen MR) is 90.2 cm³/mol. The Labute approximate surface area is 145 Å². The molecule has 0 fully saturated rings. The number of ether oxygens (including phenoxy) is 3. The third-order valence-electron chi connectivity index (χ3n) is 2.77. The zero-order chi connectivity index (χ0) is 17.1. The molecule has 0 bridgehead atoms. The Hall–Kier alpha value is -1.56. The molecule has 128 valence electrons. The van der Waals surface area contributed by atoms with Gasteiger partial charge in [-0.2, -0.15) is 0 Å². The summed E-state index contributed by atoms with van der Waals surface area (Å²) in [6.07, 6.45) is 0.871. The summed E-state index contributed by atoms with van der Waals surface area (Å²) in [6, 6.07) is 7.41. The zero-order valence-corrected chi connectivity index (χ0v) is 15.1. The van der Waals surface area contributed by atoms with Crippen LogP contribution in [0.15, 0.2) is 28.7 Å². The fourth-order valence-electron chi connectivity index (χ4n) is 1.63. The summed E-state index contributed by atoms with van der Waals surface area (Å²) in [5.74, 6) is 0.429. The molecule has 6 heteroatoms. The largest absolute Gasteiger partial charge is 0.490 e. The first kappa shape index (κ1) is 19.5. The number of benzene rings is 1. The van der Waals surface area contributed by atoms with E-state index in [1.54, 1.807) is 0 Å². The van der Waals surface area contributed by atoms with E-state index in [1.807, 2.05) is 38.1 Å². The number of rotatable bonds is 10. The number of carbonyl (C=O) groups excluding carboxylic acids is 2. The van der Waals surface area contributed by atoms with Crippen LogP contribution >= 0.6 is 15.9 Å². The van der Waals surface area contributed by atoms with Crippen molar-refractivity contribution in [2.45, 2.75) is 33.1 Å². The SMILES string of the molecule is CC(C)COC(=O)CCCC(=O)OCCOc1ccc(Br)cc1. The normalized spacial score (nSPS) is 10.4.